The standard InChI is InChI=1S/C34H33N3O6S2/c1-23-12-15-31(44-23)33(38)36-20-18-35(19-21-36)28-10-6-7-11-29(28)37(17-16-25-8-4-3-5-9-25)45(41,42)26-13-14-30-27(22-26)24(2)32(43-30)34(39)40/h3-15,22H,16-21H2,1-2H3,(H,39,40). The third kappa shape index (κ3) is 6.05. The van der Waals surface area contributed by atoms with E-state index < -0.39 is 16.0 Å². The predicted octanol–water partition coefficient (Wildman–Crippen LogP) is 6.21. The van der Waals surface area contributed by atoms with Gasteiger partial charge in [0.15, 0.2) is 0 Å². The lowest BCUT2D eigenvalue weighted by molar-refractivity contribution is 0.0663. The Morgan fingerprint density at radius 2 is 1.62 bits per heavy atom. The fraction of sp³-hybridized carbons (Fsp3) is 0.235. The average Bonchev–Trinajstić information content (AvgIpc) is 3.64. The maximum Gasteiger partial charge on any atom is 0.372 e. The van der Waals surface area contributed by atoms with E-state index in [9.17, 15) is 23.1 Å². The summed E-state index contributed by atoms with van der Waals surface area (Å²) >= 11 is 1.49. The molecule has 1 saturated heterocycles. The van der Waals surface area contributed by atoms with Crippen LogP contribution < -0.4 is 9.21 Å². The van der Waals surface area contributed by atoms with Gasteiger partial charge < -0.3 is 19.3 Å². The van der Waals surface area contributed by atoms with Crippen molar-refractivity contribution < 1.29 is 27.5 Å². The van der Waals surface area contributed by atoms with Crippen molar-refractivity contribution in [2.24, 2.45) is 0 Å². The molecule has 9 nitrogen and oxygen atoms in total. The third-order valence-electron chi connectivity index (χ3n) is 8.15. The summed E-state index contributed by atoms with van der Waals surface area (Å²) in [4.78, 5) is 30.6. The number of fused-ring (bicyclic) bond motifs is 1. The van der Waals surface area contributed by atoms with Gasteiger partial charge in [-0.05, 0) is 68.3 Å². The van der Waals surface area contributed by atoms with Crippen LogP contribution in [0.2, 0.25) is 0 Å². The molecule has 1 amide bonds. The van der Waals surface area contributed by atoms with Gasteiger partial charge in [0.05, 0.1) is 21.1 Å². The molecule has 3 heterocycles. The van der Waals surface area contributed by atoms with Crippen molar-refractivity contribution in [2.75, 3.05) is 41.9 Å². The summed E-state index contributed by atoms with van der Waals surface area (Å²) in [5.41, 5.74) is 2.98. The molecule has 0 atom stereocenters. The lowest BCUT2D eigenvalue weighted by Crippen LogP contribution is -2.49. The van der Waals surface area contributed by atoms with Crippen LogP contribution >= 0.6 is 11.3 Å². The Balaban J connectivity index is 1.34. The molecular weight excluding hydrogens is 611 g/mol. The van der Waals surface area contributed by atoms with Gasteiger partial charge in [-0.1, -0.05) is 42.5 Å². The number of furan rings is 1. The molecule has 0 radical (unpaired) electrons. The molecule has 0 saturated carbocycles. The first kappa shape index (κ1) is 30.4. The monoisotopic (exact) mass is 643 g/mol. The third-order valence-corrected chi connectivity index (χ3v) is 10.9. The van der Waals surface area contributed by atoms with E-state index in [4.69, 9.17) is 4.42 Å². The van der Waals surface area contributed by atoms with Gasteiger partial charge in [-0.15, -0.1) is 11.3 Å². The zero-order chi connectivity index (χ0) is 31.7. The fourth-order valence-electron chi connectivity index (χ4n) is 5.74. The van der Waals surface area contributed by atoms with Crippen LogP contribution in [0.1, 0.15) is 36.2 Å². The second kappa shape index (κ2) is 12.4. The summed E-state index contributed by atoms with van der Waals surface area (Å²) in [6, 6.07) is 25.4. The number of amides is 1. The largest absolute Gasteiger partial charge is 0.475 e. The normalized spacial score (nSPS) is 13.7. The second-order valence-corrected chi connectivity index (χ2v) is 14.2. The van der Waals surface area contributed by atoms with Crippen molar-refractivity contribution in [3.05, 3.63) is 112 Å². The Labute approximate surface area is 266 Å². The molecule has 11 heteroatoms. The quantitative estimate of drug-likeness (QED) is 0.203. The van der Waals surface area contributed by atoms with E-state index in [1.54, 1.807) is 6.92 Å². The van der Waals surface area contributed by atoms with Gasteiger partial charge in [0.1, 0.15) is 5.58 Å². The topological polar surface area (TPSA) is 111 Å². The lowest BCUT2D eigenvalue weighted by atomic mass is 10.1. The van der Waals surface area contributed by atoms with Gasteiger partial charge in [0.25, 0.3) is 15.9 Å². The van der Waals surface area contributed by atoms with Crippen molar-refractivity contribution in [3.63, 3.8) is 0 Å². The SMILES string of the molecule is Cc1ccc(C(=O)N2CCN(c3ccccc3N(CCc3ccccc3)S(=O)(=O)c3ccc4oc(C(=O)O)c(C)c4c3)CC2)s1. The Morgan fingerprint density at radius 1 is 0.911 bits per heavy atom. The van der Waals surface area contributed by atoms with Crippen molar-refractivity contribution in [1.29, 1.82) is 0 Å². The highest BCUT2D eigenvalue weighted by Crippen LogP contribution is 2.36. The van der Waals surface area contributed by atoms with Crippen LogP contribution in [0, 0.1) is 13.8 Å². The molecule has 1 fully saturated rings. The van der Waals surface area contributed by atoms with Crippen LogP contribution in [0.5, 0.6) is 0 Å². The first-order chi connectivity index (χ1) is 21.6. The minimum atomic E-state index is -4.11. The van der Waals surface area contributed by atoms with Gasteiger partial charge in [0, 0.05) is 48.6 Å². The number of hydrogen-bond acceptors (Lipinski definition) is 7. The van der Waals surface area contributed by atoms with E-state index in [0.29, 0.717) is 54.8 Å². The number of para-hydroxylation sites is 2. The number of nitrogens with zero attached hydrogens (tertiary/aromatic N) is 3. The fourth-order valence-corrected chi connectivity index (χ4v) is 8.08. The summed E-state index contributed by atoms with van der Waals surface area (Å²) < 4.78 is 35.9. The number of carbonyl (C=O) groups is 2. The molecule has 232 valence electrons. The molecular formula is C34H33N3O6S2. The number of carbonyl (C=O) groups excluding carboxylic acids is 1. The molecule has 0 bridgehead atoms. The van der Waals surface area contributed by atoms with E-state index in [0.717, 1.165) is 21.0 Å². The highest BCUT2D eigenvalue weighted by molar-refractivity contribution is 7.92. The highest BCUT2D eigenvalue weighted by atomic mass is 32.2. The molecule has 2 aromatic heterocycles. The zero-order valence-corrected chi connectivity index (χ0v) is 26.6. The van der Waals surface area contributed by atoms with E-state index >= 15 is 0 Å². The second-order valence-electron chi connectivity index (χ2n) is 11.0. The van der Waals surface area contributed by atoms with Gasteiger partial charge in [-0.25, -0.2) is 13.2 Å². The molecule has 1 aliphatic rings. The van der Waals surface area contributed by atoms with E-state index in [1.807, 2.05) is 78.6 Å². The molecule has 5 aromatic rings. The number of carboxylic acids is 1. The smallest absolute Gasteiger partial charge is 0.372 e. The number of carboxylic acid groups (broad SMARTS) is 1. The number of thiophene rings is 1. The summed E-state index contributed by atoms with van der Waals surface area (Å²) in [5.74, 6) is -1.40. The molecule has 3 aromatic carbocycles. The maximum absolute atomic E-state index is 14.5. The van der Waals surface area contributed by atoms with Crippen molar-refractivity contribution >= 4 is 55.6 Å². The van der Waals surface area contributed by atoms with E-state index in [1.165, 1.54) is 33.8 Å². The number of hydrogen-bond donors (Lipinski definition) is 1. The minimum absolute atomic E-state index is 0.0177. The number of anilines is 2. The Kier molecular flexibility index (Phi) is 8.39. The van der Waals surface area contributed by atoms with Crippen LogP contribution in [-0.2, 0) is 16.4 Å². The number of benzene rings is 3. The molecule has 45 heavy (non-hydrogen) atoms. The van der Waals surface area contributed by atoms with Crippen LogP contribution in [0.15, 0.2) is 94.2 Å². The van der Waals surface area contributed by atoms with Crippen LogP contribution in [0.3, 0.4) is 0 Å². The summed E-state index contributed by atoms with van der Waals surface area (Å²) in [6.07, 6.45) is 0.479. The van der Waals surface area contributed by atoms with E-state index in [2.05, 4.69) is 4.90 Å². The van der Waals surface area contributed by atoms with Crippen molar-refractivity contribution in [3.8, 4) is 0 Å². The van der Waals surface area contributed by atoms with E-state index in [-0.39, 0.29) is 23.1 Å². The van der Waals surface area contributed by atoms with Crippen molar-refractivity contribution in [1.82, 2.24) is 4.90 Å². The highest BCUT2D eigenvalue weighted by Gasteiger charge is 2.31. The van der Waals surface area contributed by atoms with Gasteiger partial charge in [-0.3, -0.25) is 9.10 Å². The molecule has 1 aliphatic heterocycles. The molecule has 0 spiro atoms. The van der Waals surface area contributed by atoms with Crippen LogP contribution in [-0.4, -0.2) is 63.0 Å². The number of aryl methyl sites for hydroxylation is 2. The number of rotatable bonds is 9. The molecule has 1 N–H and O–H groups in total. The van der Waals surface area contributed by atoms with Gasteiger partial charge >= 0.3 is 5.97 Å². The Morgan fingerprint density at radius 3 is 2.31 bits per heavy atom. The number of sulfonamides is 1. The Hall–Kier alpha value is -4.61. The summed E-state index contributed by atoms with van der Waals surface area (Å²) in [6.45, 7) is 5.91. The zero-order valence-electron chi connectivity index (χ0n) is 25.0. The van der Waals surface area contributed by atoms with Gasteiger partial charge in [-0.2, -0.15) is 0 Å². The van der Waals surface area contributed by atoms with Crippen LogP contribution in [0.4, 0.5) is 11.4 Å². The first-order valence-electron chi connectivity index (χ1n) is 14.7. The number of piperazine rings is 1. The molecule has 0 aliphatic carbocycles. The summed E-state index contributed by atoms with van der Waals surface area (Å²) in [5, 5.41) is 9.96. The van der Waals surface area contributed by atoms with Crippen molar-refractivity contribution in [2.45, 2.75) is 25.2 Å². The number of aromatic carboxylic acids is 1. The minimum Gasteiger partial charge on any atom is -0.475 e. The first-order valence-corrected chi connectivity index (χ1v) is 16.9. The lowest BCUT2D eigenvalue weighted by Gasteiger charge is -2.38. The molecule has 0 unspecified atom stereocenters. The Bertz CT molecular complexity index is 1980. The average molecular weight is 644 g/mol. The van der Waals surface area contributed by atoms with Crippen LogP contribution in [0.25, 0.3) is 11.0 Å². The van der Waals surface area contributed by atoms with Gasteiger partial charge in [0.2, 0.25) is 5.76 Å². The summed E-state index contributed by atoms with van der Waals surface area (Å²) in [7, 11) is -4.11. The predicted molar refractivity (Wildman–Crippen MR) is 176 cm³/mol. The maximum atomic E-state index is 14.5. The molecule has 6 rings (SSSR count).